The number of hydrogen-bond donors (Lipinski definition) is 2. The fourth-order valence-corrected chi connectivity index (χ4v) is 2.33. The number of fused-ring (bicyclic) bond motifs is 1. The van der Waals surface area contributed by atoms with Gasteiger partial charge in [-0.25, -0.2) is 0 Å². The molecule has 0 saturated carbocycles. The van der Waals surface area contributed by atoms with Crippen molar-refractivity contribution in [3.05, 3.63) is 40.7 Å². The van der Waals surface area contributed by atoms with Gasteiger partial charge in [0.1, 0.15) is 0 Å². The highest BCUT2D eigenvalue weighted by molar-refractivity contribution is 8.93. The molecule has 1 fully saturated rings. The number of nitrogens with one attached hydrogen (secondary N) is 2. The number of para-hydroxylation sites is 1. The van der Waals surface area contributed by atoms with E-state index in [2.05, 4.69) is 21.3 Å². The molecule has 1 aromatic heterocycles. The van der Waals surface area contributed by atoms with E-state index < -0.39 is 0 Å². The second-order valence-electron chi connectivity index (χ2n) is 4.30. The van der Waals surface area contributed by atoms with E-state index in [4.69, 9.17) is 0 Å². The molecular weight excluding hydrogens is 294 g/mol. The lowest BCUT2D eigenvalue weighted by atomic mass is 10.1. The van der Waals surface area contributed by atoms with Gasteiger partial charge in [-0.2, -0.15) is 0 Å². The summed E-state index contributed by atoms with van der Waals surface area (Å²) < 4.78 is 0. The van der Waals surface area contributed by atoms with Crippen molar-refractivity contribution in [2.45, 2.75) is 0 Å². The predicted molar refractivity (Wildman–Crippen MR) is 80.0 cm³/mol. The molecule has 96 valence electrons. The van der Waals surface area contributed by atoms with Crippen LogP contribution in [0.3, 0.4) is 0 Å². The van der Waals surface area contributed by atoms with E-state index in [-0.39, 0.29) is 22.5 Å². The number of piperazine rings is 1. The van der Waals surface area contributed by atoms with Crippen LogP contribution in [0.25, 0.3) is 10.9 Å². The van der Waals surface area contributed by atoms with Gasteiger partial charge >= 0.3 is 0 Å². The van der Waals surface area contributed by atoms with Crippen LogP contribution >= 0.6 is 17.0 Å². The number of pyridine rings is 1. The summed E-state index contributed by atoms with van der Waals surface area (Å²) in [6, 6.07) is 9.59. The molecular formula is C13H16BrN3O. The van der Waals surface area contributed by atoms with E-state index in [0.717, 1.165) is 42.8 Å². The van der Waals surface area contributed by atoms with Gasteiger partial charge in [-0.3, -0.25) is 4.79 Å². The molecule has 0 bridgehead atoms. The van der Waals surface area contributed by atoms with Crippen LogP contribution in [-0.2, 0) is 0 Å². The summed E-state index contributed by atoms with van der Waals surface area (Å²) in [4.78, 5) is 16.7. The molecule has 4 nitrogen and oxygen atoms in total. The van der Waals surface area contributed by atoms with E-state index in [0.29, 0.717) is 0 Å². The molecule has 2 aromatic rings. The Bertz CT molecular complexity index is 590. The molecule has 1 saturated heterocycles. The second-order valence-corrected chi connectivity index (χ2v) is 4.30. The Balaban J connectivity index is 0.00000120. The van der Waals surface area contributed by atoms with E-state index in [1.54, 1.807) is 6.07 Å². The highest BCUT2D eigenvalue weighted by Crippen LogP contribution is 2.23. The predicted octanol–water partition coefficient (Wildman–Crippen LogP) is 1.52. The van der Waals surface area contributed by atoms with Crippen molar-refractivity contribution in [1.29, 1.82) is 0 Å². The maximum atomic E-state index is 11.4. The van der Waals surface area contributed by atoms with Crippen LogP contribution in [0.1, 0.15) is 0 Å². The van der Waals surface area contributed by atoms with Gasteiger partial charge in [-0.15, -0.1) is 17.0 Å². The molecule has 0 unspecified atom stereocenters. The van der Waals surface area contributed by atoms with Crippen LogP contribution in [0.2, 0.25) is 0 Å². The SMILES string of the molecule is Br.O=c1ccc2cccc(N3CCNCC3)c2[nH]1. The first-order valence-electron chi connectivity index (χ1n) is 5.92. The Morgan fingerprint density at radius 2 is 1.83 bits per heavy atom. The number of aromatic nitrogens is 1. The van der Waals surface area contributed by atoms with Gasteiger partial charge in [0, 0.05) is 37.6 Å². The molecule has 1 aliphatic rings. The van der Waals surface area contributed by atoms with Gasteiger partial charge < -0.3 is 15.2 Å². The molecule has 2 heterocycles. The molecule has 3 rings (SSSR count). The quantitative estimate of drug-likeness (QED) is 0.839. The maximum absolute atomic E-state index is 11.4. The average Bonchev–Trinajstić information content (AvgIpc) is 2.39. The van der Waals surface area contributed by atoms with Crippen LogP contribution in [0.15, 0.2) is 35.1 Å². The summed E-state index contributed by atoms with van der Waals surface area (Å²) in [6.45, 7) is 3.95. The van der Waals surface area contributed by atoms with Crippen molar-refractivity contribution in [3.8, 4) is 0 Å². The van der Waals surface area contributed by atoms with Crippen LogP contribution < -0.4 is 15.8 Å². The third-order valence-electron chi connectivity index (χ3n) is 3.19. The fourth-order valence-electron chi connectivity index (χ4n) is 2.33. The monoisotopic (exact) mass is 309 g/mol. The minimum Gasteiger partial charge on any atom is -0.367 e. The van der Waals surface area contributed by atoms with E-state index in [1.165, 1.54) is 0 Å². The van der Waals surface area contributed by atoms with Crippen molar-refractivity contribution in [2.24, 2.45) is 0 Å². The molecule has 0 amide bonds. The summed E-state index contributed by atoms with van der Waals surface area (Å²) in [5, 5.41) is 4.41. The zero-order chi connectivity index (χ0) is 11.7. The number of anilines is 1. The highest BCUT2D eigenvalue weighted by Gasteiger charge is 2.13. The maximum Gasteiger partial charge on any atom is 0.248 e. The van der Waals surface area contributed by atoms with Gasteiger partial charge in [0.2, 0.25) is 5.56 Å². The van der Waals surface area contributed by atoms with Crippen LogP contribution in [0, 0.1) is 0 Å². The zero-order valence-corrected chi connectivity index (χ0v) is 11.7. The smallest absolute Gasteiger partial charge is 0.248 e. The Labute approximate surface area is 116 Å². The molecule has 1 aromatic carbocycles. The number of rotatable bonds is 1. The first-order chi connectivity index (χ1) is 8.34. The molecule has 0 radical (unpaired) electrons. The lowest BCUT2D eigenvalue weighted by molar-refractivity contribution is 0.590. The standard InChI is InChI=1S/C13H15N3O.BrH/c17-12-5-4-10-2-1-3-11(13(10)15-12)16-8-6-14-7-9-16;/h1-5,14H,6-9H2,(H,15,17);1H. The summed E-state index contributed by atoms with van der Waals surface area (Å²) in [5.41, 5.74) is 2.03. The van der Waals surface area contributed by atoms with Gasteiger partial charge in [0.05, 0.1) is 11.2 Å². The van der Waals surface area contributed by atoms with Crippen molar-refractivity contribution in [3.63, 3.8) is 0 Å². The molecule has 0 spiro atoms. The Morgan fingerprint density at radius 1 is 1.06 bits per heavy atom. The minimum atomic E-state index is -0.0416. The second kappa shape index (κ2) is 5.54. The molecule has 18 heavy (non-hydrogen) atoms. The number of hydrogen-bond acceptors (Lipinski definition) is 3. The summed E-state index contributed by atoms with van der Waals surface area (Å²) in [6.07, 6.45) is 0. The van der Waals surface area contributed by atoms with Crippen molar-refractivity contribution in [1.82, 2.24) is 10.3 Å². The van der Waals surface area contributed by atoms with E-state index in [1.807, 2.05) is 18.2 Å². The number of H-pyrrole nitrogens is 1. The van der Waals surface area contributed by atoms with Crippen molar-refractivity contribution < 1.29 is 0 Å². The lowest BCUT2D eigenvalue weighted by Gasteiger charge is -2.30. The van der Waals surface area contributed by atoms with Gasteiger partial charge in [-0.1, -0.05) is 12.1 Å². The average molecular weight is 310 g/mol. The van der Waals surface area contributed by atoms with Crippen LogP contribution in [0.4, 0.5) is 5.69 Å². The minimum absolute atomic E-state index is 0. The number of aromatic amines is 1. The number of halogens is 1. The number of benzene rings is 1. The molecule has 5 heteroatoms. The lowest BCUT2D eigenvalue weighted by Crippen LogP contribution is -2.43. The third-order valence-corrected chi connectivity index (χ3v) is 3.19. The number of nitrogens with zero attached hydrogens (tertiary/aromatic N) is 1. The van der Waals surface area contributed by atoms with E-state index in [9.17, 15) is 4.79 Å². The molecule has 2 N–H and O–H groups in total. The summed E-state index contributed by atoms with van der Waals surface area (Å²) in [7, 11) is 0. The first kappa shape index (κ1) is 13.1. The topological polar surface area (TPSA) is 48.1 Å². The fraction of sp³-hybridized carbons (Fsp3) is 0.308. The largest absolute Gasteiger partial charge is 0.367 e. The van der Waals surface area contributed by atoms with E-state index >= 15 is 0 Å². The van der Waals surface area contributed by atoms with Crippen LogP contribution in [0.5, 0.6) is 0 Å². The Hall–Kier alpha value is -1.33. The van der Waals surface area contributed by atoms with Gasteiger partial charge in [-0.05, 0) is 12.1 Å². The Morgan fingerprint density at radius 3 is 2.61 bits per heavy atom. The normalized spacial score (nSPS) is 15.4. The summed E-state index contributed by atoms with van der Waals surface area (Å²) >= 11 is 0. The molecule has 0 atom stereocenters. The van der Waals surface area contributed by atoms with Gasteiger partial charge in [0.25, 0.3) is 0 Å². The zero-order valence-electron chi connectivity index (χ0n) is 9.98. The van der Waals surface area contributed by atoms with Gasteiger partial charge in [0.15, 0.2) is 0 Å². The van der Waals surface area contributed by atoms with Crippen molar-refractivity contribution >= 4 is 33.6 Å². The summed E-state index contributed by atoms with van der Waals surface area (Å²) in [5.74, 6) is 0. The third kappa shape index (κ3) is 2.42. The van der Waals surface area contributed by atoms with Crippen LogP contribution in [-0.4, -0.2) is 31.2 Å². The van der Waals surface area contributed by atoms with Crippen molar-refractivity contribution in [2.75, 3.05) is 31.1 Å². The molecule has 1 aliphatic heterocycles. The molecule has 0 aliphatic carbocycles. The highest BCUT2D eigenvalue weighted by atomic mass is 79.9. The Kier molecular flexibility index (Phi) is 4.04. The first-order valence-corrected chi connectivity index (χ1v) is 5.92.